The Morgan fingerprint density at radius 2 is 1.94 bits per heavy atom. The molecule has 2 atom stereocenters. The van der Waals surface area contributed by atoms with Crippen molar-refractivity contribution in [3.63, 3.8) is 0 Å². The number of thiocarbonyl (C=S) groups is 1. The van der Waals surface area contributed by atoms with Gasteiger partial charge in [0.2, 0.25) is 5.91 Å². The highest BCUT2D eigenvalue weighted by Gasteiger charge is 2.41. The number of aromatic nitrogens is 1. The molecule has 6 nitrogen and oxygen atoms in total. The second-order valence-electron chi connectivity index (χ2n) is 8.70. The number of benzene rings is 2. The van der Waals surface area contributed by atoms with E-state index in [9.17, 15) is 4.79 Å². The van der Waals surface area contributed by atoms with Gasteiger partial charge < -0.3 is 20.0 Å². The first-order valence-electron chi connectivity index (χ1n) is 11.7. The lowest BCUT2D eigenvalue weighted by Crippen LogP contribution is -2.32. The molecular weight excluding hydrogens is 536 g/mol. The van der Waals surface area contributed by atoms with E-state index in [-0.39, 0.29) is 24.4 Å². The second kappa shape index (κ2) is 10.6. The molecular formula is C28H25BrN4O2S. The van der Waals surface area contributed by atoms with E-state index in [1.54, 1.807) is 6.20 Å². The summed E-state index contributed by atoms with van der Waals surface area (Å²) in [5, 5.41) is 6.95. The van der Waals surface area contributed by atoms with Crippen LogP contribution in [-0.2, 0) is 4.79 Å². The minimum absolute atomic E-state index is 0.0709. The van der Waals surface area contributed by atoms with Crippen LogP contribution in [0.1, 0.15) is 35.5 Å². The molecule has 8 heteroatoms. The number of hydrogen-bond acceptors (Lipinski definition) is 4. The Morgan fingerprint density at radius 3 is 2.69 bits per heavy atom. The Bertz CT molecular complexity index is 1370. The van der Waals surface area contributed by atoms with Crippen LogP contribution >= 0.6 is 28.1 Å². The van der Waals surface area contributed by atoms with Crippen LogP contribution < -0.4 is 10.6 Å². The molecule has 0 unspecified atom stereocenters. The van der Waals surface area contributed by atoms with Gasteiger partial charge in [0.05, 0.1) is 11.7 Å². The molecule has 2 aromatic heterocycles. The number of pyridine rings is 1. The summed E-state index contributed by atoms with van der Waals surface area (Å²) < 4.78 is 7.36. The molecule has 4 aromatic rings. The number of amides is 1. The molecule has 0 aliphatic carbocycles. The van der Waals surface area contributed by atoms with Gasteiger partial charge >= 0.3 is 0 Å². The largest absolute Gasteiger partial charge is 0.459 e. The number of carbonyl (C=O) groups is 1. The molecule has 0 saturated carbocycles. The number of furan rings is 1. The van der Waals surface area contributed by atoms with Crippen LogP contribution in [0.4, 0.5) is 5.69 Å². The van der Waals surface area contributed by atoms with E-state index >= 15 is 0 Å². The lowest BCUT2D eigenvalue weighted by atomic mass is 10.0. The zero-order valence-corrected chi connectivity index (χ0v) is 22.1. The van der Waals surface area contributed by atoms with Gasteiger partial charge in [-0.25, -0.2) is 0 Å². The third-order valence-electron chi connectivity index (χ3n) is 6.13. The summed E-state index contributed by atoms with van der Waals surface area (Å²) in [7, 11) is 0. The lowest BCUT2D eigenvalue weighted by molar-refractivity contribution is -0.116. The fraction of sp³-hybridized carbons (Fsp3) is 0.179. The maximum Gasteiger partial charge on any atom is 0.226 e. The Morgan fingerprint density at radius 1 is 1.11 bits per heavy atom. The van der Waals surface area contributed by atoms with Crippen LogP contribution in [0.5, 0.6) is 0 Å². The van der Waals surface area contributed by atoms with Crippen LogP contribution in [-0.4, -0.2) is 27.4 Å². The van der Waals surface area contributed by atoms with Gasteiger partial charge in [0.1, 0.15) is 17.6 Å². The van der Waals surface area contributed by atoms with Crippen LogP contribution in [0.3, 0.4) is 0 Å². The topological polar surface area (TPSA) is 70.4 Å². The number of rotatable bonds is 7. The first kappa shape index (κ1) is 24.2. The van der Waals surface area contributed by atoms with Gasteiger partial charge in [-0.05, 0) is 73.2 Å². The fourth-order valence-corrected chi connectivity index (χ4v) is 5.00. The standard InChI is InChI=1S/C28H25BrN4O2S/c1-18-5-4-6-21(17-18)31-25(34)14-16-33-27(26(32-28(33)36)22-7-2-3-15-30-22)24-13-12-23(35-24)19-8-10-20(29)11-9-19/h2-13,15,17,26-27H,14,16H2,1H3,(H,31,34)(H,32,36)/t26-,27+/m1/s1. The highest BCUT2D eigenvalue weighted by Crippen LogP contribution is 2.40. The average Bonchev–Trinajstić information content (AvgIpc) is 3.48. The zero-order valence-electron chi connectivity index (χ0n) is 19.6. The van der Waals surface area contributed by atoms with Gasteiger partial charge in [0.15, 0.2) is 5.11 Å². The van der Waals surface area contributed by atoms with Crippen molar-refractivity contribution in [2.24, 2.45) is 0 Å². The quantitative estimate of drug-likeness (QED) is 0.254. The van der Waals surface area contributed by atoms with Gasteiger partial charge in [-0.15, -0.1) is 0 Å². The van der Waals surface area contributed by atoms with Gasteiger partial charge in [0, 0.05) is 34.9 Å². The van der Waals surface area contributed by atoms with Crippen molar-refractivity contribution in [2.45, 2.75) is 25.4 Å². The van der Waals surface area contributed by atoms with Gasteiger partial charge in [-0.2, -0.15) is 0 Å². The van der Waals surface area contributed by atoms with E-state index in [1.807, 2.05) is 90.7 Å². The predicted octanol–water partition coefficient (Wildman–Crippen LogP) is 6.41. The van der Waals surface area contributed by atoms with E-state index < -0.39 is 0 Å². The number of carbonyl (C=O) groups excluding carboxylic acids is 1. The third kappa shape index (κ3) is 5.34. The Kier molecular flexibility index (Phi) is 7.16. The summed E-state index contributed by atoms with van der Waals surface area (Å²) >= 11 is 9.20. The van der Waals surface area contributed by atoms with E-state index in [2.05, 4.69) is 31.5 Å². The lowest BCUT2D eigenvalue weighted by Gasteiger charge is -2.25. The highest BCUT2D eigenvalue weighted by molar-refractivity contribution is 9.10. The van der Waals surface area contributed by atoms with Crippen molar-refractivity contribution < 1.29 is 9.21 Å². The van der Waals surface area contributed by atoms with Crippen molar-refractivity contribution >= 4 is 44.9 Å². The minimum atomic E-state index is -0.247. The molecule has 2 N–H and O–H groups in total. The van der Waals surface area contributed by atoms with Gasteiger partial charge in [-0.3, -0.25) is 9.78 Å². The minimum Gasteiger partial charge on any atom is -0.459 e. The molecule has 182 valence electrons. The van der Waals surface area contributed by atoms with E-state index in [0.717, 1.165) is 38.5 Å². The number of aryl methyl sites for hydroxylation is 1. The Labute approximate surface area is 223 Å². The summed E-state index contributed by atoms with van der Waals surface area (Å²) in [6, 6.07) is 25.1. The van der Waals surface area contributed by atoms with Crippen molar-refractivity contribution in [1.82, 2.24) is 15.2 Å². The van der Waals surface area contributed by atoms with Crippen molar-refractivity contribution in [3.05, 3.63) is 107 Å². The summed E-state index contributed by atoms with van der Waals surface area (Å²) in [6.07, 6.45) is 2.05. The first-order valence-corrected chi connectivity index (χ1v) is 12.9. The van der Waals surface area contributed by atoms with Crippen LogP contribution in [0.2, 0.25) is 0 Å². The molecule has 1 fully saturated rings. The van der Waals surface area contributed by atoms with Crippen molar-refractivity contribution in [2.75, 3.05) is 11.9 Å². The molecule has 1 aliphatic rings. The maximum absolute atomic E-state index is 12.8. The second-order valence-corrected chi connectivity index (χ2v) is 10.00. The monoisotopic (exact) mass is 560 g/mol. The van der Waals surface area contributed by atoms with E-state index in [1.165, 1.54) is 0 Å². The fourth-order valence-electron chi connectivity index (χ4n) is 4.40. The molecule has 0 bridgehead atoms. The number of nitrogens with one attached hydrogen (secondary N) is 2. The molecule has 2 aromatic carbocycles. The summed E-state index contributed by atoms with van der Waals surface area (Å²) in [4.78, 5) is 19.3. The predicted molar refractivity (Wildman–Crippen MR) is 148 cm³/mol. The maximum atomic E-state index is 12.8. The van der Waals surface area contributed by atoms with E-state index in [0.29, 0.717) is 11.7 Å². The van der Waals surface area contributed by atoms with Crippen molar-refractivity contribution in [3.8, 4) is 11.3 Å². The molecule has 5 rings (SSSR count). The third-order valence-corrected chi connectivity index (χ3v) is 7.01. The summed E-state index contributed by atoms with van der Waals surface area (Å²) in [5.41, 5.74) is 3.72. The Balaban J connectivity index is 1.39. The van der Waals surface area contributed by atoms with E-state index in [4.69, 9.17) is 16.6 Å². The summed E-state index contributed by atoms with van der Waals surface area (Å²) in [6.45, 7) is 2.43. The number of anilines is 1. The van der Waals surface area contributed by atoms with Crippen molar-refractivity contribution in [1.29, 1.82) is 0 Å². The van der Waals surface area contributed by atoms with Crippen LogP contribution in [0, 0.1) is 6.92 Å². The zero-order chi connectivity index (χ0) is 25.1. The molecule has 1 saturated heterocycles. The Hall–Kier alpha value is -3.49. The normalized spacial score (nSPS) is 17.2. The number of hydrogen-bond donors (Lipinski definition) is 2. The van der Waals surface area contributed by atoms with Crippen LogP contribution in [0.15, 0.2) is 93.9 Å². The van der Waals surface area contributed by atoms with Crippen LogP contribution in [0.25, 0.3) is 11.3 Å². The first-order chi connectivity index (χ1) is 17.5. The molecule has 1 aliphatic heterocycles. The SMILES string of the molecule is Cc1cccc(NC(=O)CCN2C(=S)N[C@H](c3ccccn3)[C@@H]2c2ccc(-c3ccc(Br)cc3)o2)c1. The van der Waals surface area contributed by atoms with Gasteiger partial charge in [0.25, 0.3) is 0 Å². The highest BCUT2D eigenvalue weighted by atomic mass is 79.9. The average molecular weight is 562 g/mol. The molecule has 0 radical (unpaired) electrons. The number of nitrogens with zero attached hydrogens (tertiary/aromatic N) is 2. The summed E-state index contributed by atoms with van der Waals surface area (Å²) in [5.74, 6) is 1.46. The molecule has 36 heavy (non-hydrogen) atoms. The molecule has 3 heterocycles. The molecule has 1 amide bonds. The number of halogens is 1. The molecule has 0 spiro atoms. The smallest absolute Gasteiger partial charge is 0.226 e. The van der Waals surface area contributed by atoms with Gasteiger partial charge in [-0.1, -0.05) is 46.3 Å².